The third-order valence-electron chi connectivity index (χ3n) is 4.13. The number of rotatable bonds is 8. The first-order valence-electron chi connectivity index (χ1n) is 9.31. The molecule has 11 heteroatoms. The number of nitrogens with one attached hydrogen (secondary N) is 2. The zero-order valence-electron chi connectivity index (χ0n) is 16.4. The van der Waals surface area contributed by atoms with Crippen molar-refractivity contribution in [3.63, 3.8) is 0 Å². The molecule has 0 bridgehead atoms. The molecule has 1 aromatic heterocycles. The van der Waals surface area contributed by atoms with Crippen molar-refractivity contribution in [1.29, 1.82) is 0 Å². The van der Waals surface area contributed by atoms with E-state index in [4.69, 9.17) is 0 Å². The number of hydrogen-bond donors (Lipinski definition) is 2. The van der Waals surface area contributed by atoms with Gasteiger partial charge in [0.1, 0.15) is 11.6 Å². The number of alkyl halides is 3. The largest absolute Gasteiger partial charge is 0.573 e. The highest BCUT2D eigenvalue weighted by molar-refractivity contribution is 7.14. The van der Waals surface area contributed by atoms with E-state index in [0.29, 0.717) is 12.1 Å². The van der Waals surface area contributed by atoms with E-state index in [1.807, 2.05) is 0 Å². The van der Waals surface area contributed by atoms with Crippen LogP contribution < -0.4 is 15.4 Å². The fourth-order valence-electron chi connectivity index (χ4n) is 2.69. The quantitative estimate of drug-likeness (QED) is 0.483. The Morgan fingerprint density at radius 1 is 1.06 bits per heavy atom. The van der Waals surface area contributed by atoms with Gasteiger partial charge in [-0.1, -0.05) is 24.3 Å². The van der Waals surface area contributed by atoms with Crippen molar-refractivity contribution in [2.24, 2.45) is 0 Å². The second-order valence-corrected chi connectivity index (χ2v) is 7.40. The lowest BCUT2D eigenvalue weighted by Crippen LogP contribution is -2.27. The summed E-state index contributed by atoms with van der Waals surface area (Å²) < 4.78 is 53.9. The minimum absolute atomic E-state index is 0.0234. The van der Waals surface area contributed by atoms with E-state index in [1.54, 1.807) is 11.4 Å². The van der Waals surface area contributed by atoms with E-state index in [1.165, 1.54) is 42.5 Å². The van der Waals surface area contributed by atoms with Crippen molar-refractivity contribution < 1.29 is 31.9 Å². The summed E-state index contributed by atoms with van der Waals surface area (Å²) in [6.07, 6.45) is -4.35. The highest BCUT2D eigenvalue weighted by Gasteiger charge is 2.30. The number of benzene rings is 2. The van der Waals surface area contributed by atoms with Crippen molar-refractivity contribution >= 4 is 28.3 Å². The first kappa shape index (κ1) is 23.2. The van der Waals surface area contributed by atoms with Crippen LogP contribution in [0.5, 0.6) is 5.75 Å². The monoisotopic (exact) mass is 467 g/mol. The Kier molecular flexibility index (Phi) is 7.41. The van der Waals surface area contributed by atoms with E-state index in [9.17, 15) is 27.2 Å². The molecule has 2 N–H and O–H groups in total. The van der Waals surface area contributed by atoms with Crippen LogP contribution in [0.3, 0.4) is 0 Å². The highest BCUT2D eigenvalue weighted by Crippen LogP contribution is 2.23. The van der Waals surface area contributed by atoms with Gasteiger partial charge in [0.25, 0.3) is 5.91 Å². The lowest BCUT2D eigenvalue weighted by molar-refractivity contribution is -0.274. The zero-order valence-corrected chi connectivity index (χ0v) is 17.2. The minimum Gasteiger partial charge on any atom is -0.406 e. The Hall–Kier alpha value is -3.47. The number of carbonyl (C=O) groups is 2. The number of ether oxygens (including phenoxy) is 1. The molecule has 1 heterocycles. The standard InChI is InChI=1S/C21H17F4N3O3S/c22-17-4-2-1-3-16(17)19(30)28-20-27-14(12-32-20)11-18(29)26-10-9-13-5-7-15(8-6-13)31-21(23,24)25/h1-8,12H,9-11H2,(H,26,29)(H,27,28,30). The maximum Gasteiger partial charge on any atom is 0.573 e. The summed E-state index contributed by atoms with van der Waals surface area (Å²) in [5, 5.41) is 7.03. The van der Waals surface area contributed by atoms with Gasteiger partial charge >= 0.3 is 6.36 Å². The normalized spacial score (nSPS) is 11.1. The number of halogens is 4. The highest BCUT2D eigenvalue weighted by atomic mass is 32.1. The average molecular weight is 467 g/mol. The maximum atomic E-state index is 13.7. The van der Waals surface area contributed by atoms with Crippen LogP contribution in [-0.4, -0.2) is 29.7 Å². The molecular weight excluding hydrogens is 450 g/mol. The van der Waals surface area contributed by atoms with Crippen LogP contribution in [0.15, 0.2) is 53.9 Å². The molecule has 6 nitrogen and oxygen atoms in total. The number of amides is 2. The van der Waals surface area contributed by atoms with Gasteiger partial charge in [0.05, 0.1) is 17.7 Å². The summed E-state index contributed by atoms with van der Waals surface area (Å²) in [6.45, 7) is 0.277. The lowest BCUT2D eigenvalue weighted by Gasteiger charge is -2.09. The van der Waals surface area contributed by atoms with Crippen molar-refractivity contribution in [2.75, 3.05) is 11.9 Å². The van der Waals surface area contributed by atoms with Crippen molar-refractivity contribution in [3.05, 3.63) is 76.5 Å². The van der Waals surface area contributed by atoms with Crippen LogP contribution in [0.4, 0.5) is 22.7 Å². The maximum absolute atomic E-state index is 13.7. The third-order valence-corrected chi connectivity index (χ3v) is 4.93. The summed E-state index contributed by atoms with van der Waals surface area (Å²) >= 11 is 1.11. The van der Waals surface area contributed by atoms with Crippen molar-refractivity contribution in [2.45, 2.75) is 19.2 Å². The number of anilines is 1. The van der Waals surface area contributed by atoms with Crippen LogP contribution >= 0.6 is 11.3 Å². The van der Waals surface area contributed by atoms with Crippen molar-refractivity contribution in [1.82, 2.24) is 10.3 Å². The van der Waals surface area contributed by atoms with Gasteiger partial charge in [0.2, 0.25) is 5.91 Å². The molecule has 3 aromatic rings. The summed E-state index contributed by atoms with van der Waals surface area (Å²) in [7, 11) is 0. The molecule has 0 aliphatic rings. The predicted molar refractivity (Wildman–Crippen MR) is 110 cm³/mol. The molecule has 2 amide bonds. The van der Waals surface area contributed by atoms with Crippen LogP contribution in [0.2, 0.25) is 0 Å². The Bertz CT molecular complexity index is 1080. The number of carbonyl (C=O) groups excluding carboxylic acids is 2. The number of thiazole rings is 1. The number of aromatic nitrogens is 1. The third kappa shape index (κ3) is 7.05. The first-order chi connectivity index (χ1) is 15.2. The van der Waals surface area contributed by atoms with Crippen LogP contribution in [0.25, 0.3) is 0 Å². The fraction of sp³-hybridized carbons (Fsp3) is 0.190. The molecule has 0 unspecified atom stereocenters. The van der Waals surface area contributed by atoms with Gasteiger partial charge in [-0.3, -0.25) is 14.9 Å². The predicted octanol–water partition coefficient (Wildman–Crippen LogP) is 4.33. The molecule has 32 heavy (non-hydrogen) atoms. The van der Waals surface area contributed by atoms with Crippen LogP contribution in [0.1, 0.15) is 21.6 Å². The molecule has 0 aliphatic carbocycles. The molecule has 0 spiro atoms. The minimum atomic E-state index is -4.74. The molecule has 0 fully saturated rings. The topological polar surface area (TPSA) is 80.3 Å². The van der Waals surface area contributed by atoms with Gasteiger partial charge in [-0.25, -0.2) is 9.37 Å². The summed E-state index contributed by atoms with van der Waals surface area (Å²) in [5.41, 5.74) is 1.05. The average Bonchev–Trinajstić information content (AvgIpc) is 3.15. The van der Waals surface area contributed by atoms with E-state index in [-0.39, 0.29) is 35.3 Å². The van der Waals surface area contributed by atoms with E-state index < -0.39 is 18.1 Å². The first-order valence-corrected chi connectivity index (χ1v) is 10.2. The van der Waals surface area contributed by atoms with Gasteiger partial charge in [0, 0.05) is 11.9 Å². The summed E-state index contributed by atoms with van der Waals surface area (Å²) in [6, 6.07) is 10.9. The second-order valence-electron chi connectivity index (χ2n) is 6.55. The molecule has 0 aliphatic heterocycles. The number of nitrogens with zero attached hydrogens (tertiary/aromatic N) is 1. The molecular formula is C21H17F4N3O3S. The van der Waals surface area contributed by atoms with E-state index >= 15 is 0 Å². The fourth-order valence-corrected chi connectivity index (χ4v) is 3.39. The van der Waals surface area contributed by atoms with Gasteiger partial charge in [0.15, 0.2) is 5.13 Å². The molecule has 0 atom stereocenters. The molecule has 0 saturated carbocycles. The number of hydrogen-bond acceptors (Lipinski definition) is 5. The van der Waals surface area contributed by atoms with Crippen molar-refractivity contribution in [3.8, 4) is 5.75 Å². The second kappa shape index (κ2) is 10.2. The SMILES string of the molecule is O=C(Cc1csc(NC(=O)c2ccccc2F)n1)NCCc1ccc(OC(F)(F)F)cc1. The van der Waals surface area contributed by atoms with Gasteiger partial charge < -0.3 is 10.1 Å². The smallest absolute Gasteiger partial charge is 0.406 e. The van der Waals surface area contributed by atoms with Crippen LogP contribution in [-0.2, 0) is 17.6 Å². The van der Waals surface area contributed by atoms with Gasteiger partial charge in [-0.05, 0) is 36.2 Å². The Morgan fingerprint density at radius 2 is 1.78 bits per heavy atom. The molecule has 3 rings (SSSR count). The summed E-state index contributed by atoms with van der Waals surface area (Å²) in [4.78, 5) is 28.3. The lowest BCUT2D eigenvalue weighted by atomic mass is 10.1. The van der Waals surface area contributed by atoms with Gasteiger partial charge in [-0.15, -0.1) is 24.5 Å². The molecule has 0 saturated heterocycles. The van der Waals surface area contributed by atoms with Crippen LogP contribution in [0, 0.1) is 5.82 Å². The Morgan fingerprint density at radius 3 is 2.47 bits per heavy atom. The Balaban J connectivity index is 1.43. The molecule has 2 aromatic carbocycles. The Labute approximate surface area is 184 Å². The molecule has 168 valence electrons. The van der Waals surface area contributed by atoms with E-state index in [0.717, 1.165) is 16.9 Å². The van der Waals surface area contributed by atoms with Gasteiger partial charge in [-0.2, -0.15) is 0 Å². The van der Waals surface area contributed by atoms with E-state index in [2.05, 4.69) is 20.4 Å². The molecule has 0 radical (unpaired) electrons. The summed E-state index contributed by atoms with van der Waals surface area (Å²) in [5.74, 6) is -1.91. The zero-order chi connectivity index (χ0) is 23.1.